The Morgan fingerprint density at radius 3 is 2.00 bits per heavy atom. The van der Waals surface area contributed by atoms with Crippen LogP contribution in [0.1, 0.15) is 54.4 Å². The van der Waals surface area contributed by atoms with Crippen molar-refractivity contribution in [3.8, 4) is 0 Å². The number of hydrogen-bond donors (Lipinski definition) is 0. The van der Waals surface area contributed by atoms with Gasteiger partial charge in [-0.25, -0.2) is 0 Å². The van der Waals surface area contributed by atoms with E-state index in [1.807, 2.05) is 0 Å². The van der Waals surface area contributed by atoms with Crippen LogP contribution in [0.2, 0.25) is 0 Å². The number of nitrogens with zero attached hydrogens (tertiary/aromatic N) is 1. The van der Waals surface area contributed by atoms with Crippen LogP contribution in [0.3, 0.4) is 0 Å². The average Bonchev–Trinajstić information content (AvgIpc) is 2.28. The normalized spacial score (nSPS) is 31.6. The molecule has 0 saturated carbocycles. The van der Waals surface area contributed by atoms with Gasteiger partial charge in [0.05, 0.1) is 0 Å². The van der Waals surface area contributed by atoms with Crippen molar-refractivity contribution in [3.05, 3.63) is 0 Å². The third-order valence-corrected chi connectivity index (χ3v) is 3.32. The average molecular weight is 183 g/mol. The van der Waals surface area contributed by atoms with Crippen LogP contribution in [-0.4, -0.2) is 23.0 Å². The van der Waals surface area contributed by atoms with Crippen LogP contribution in [0.4, 0.5) is 0 Å². The molecule has 1 unspecified atom stereocenters. The molecule has 0 spiro atoms. The van der Waals surface area contributed by atoms with E-state index in [1.165, 1.54) is 12.8 Å². The molecule has 0 radical (unpaired) electrons. The van der Waals surface area contributed by atoms with Gasteiger partial charge >= 0.3 is 0 Å². The Labute approximate surface area is 83.5 Å². The summed E-state index contributed by atoms with van der Waals surface area (Å²) in [6.45, 7) is 14.1. The van der Waals surface area contributed by atoms with Gasteiger partial charge in [0, 0.05) is 18.1 Å². The molecule has 0 aromatic rings. The summed E-state index contributed by atoms with van der Waals surface area (Å²) in [5, 5.41) is 0. The van der Waals surface area contributed by atoms with E-state index >= 15 is 0 Å². The highest BCUT2D eigenvalue weighted by atomic mass is 15.2. The molecule has 1 aliphatic rings. The highest BCUT2D eigenvalue weighted by molar-refractivity contribution is 4.93. The molecule has 2 atom stereocenters. The highest BCUT2D eigenvalue weighted by Gasteiger charge is 2.38. The van der Waals surface area contributed by atoms with Crippen molar-refractivity contribution in [2.75, 3.05) is 0 Å². The molecule has 13 heavy (non-hydrogen) atoms. The fourth-order valence-corrected chi connectivity index (χ4v) is 2.75. The first kappa shape index (κ1) is 11.0. The van der Waals surface area contributed by atoms with E-state index in [-0.39, 0.29) is 0 Å². The molecule has 78 valence electrons. The molecule has 0 bridgehead atoms. The summed E-state index contributed by atoms with van der Waals surface area (Å²) in [5.74, 6) is 0. The van der Waals surface area contributed by atoms with E-state index < -0.39 is 0 Å². The van der Waals surface area contributed by atoms with Crippen molar-refractivity contribution in [1.82, 2.24) is 4.90 Å². The minimum absolute atomic E-state index is 0.440. The maximum Gasteiger partial charge on any atom is 0.0150 e. The van der Waals surface area contributed by atoms with Gasteiger partial charge in [-0.05, 0) is 39.0 Å². The number of hydrogen-bond acceptors (Lipinski definition) is 1. The Morgan fingerprint density at radius 1 is 1.15 bits per heavy atom. The van der Waals surface area contributed by atoms with E-state index in [1.54, 1.807) is 0 Å². The standard InChI is InChI=1S/C12H25N/c1-9(2)13-10(3)7-8-11(13)12(4,5)6/h9-11H,7-8H2,1-6H3/t10-,11?/m1/s1. The lowest BCUT2D eigenvalue weighted by Crippen LogP contribution is -2.46. The second-order valence-electron chi connectivity index (χ2n) is 5.85. The molecule has 1 rings (SSSR count). The summed E-state index contributed by atoms with van der Waals surface area (Å²) >= 11 is 0. The summed E-state index contributed by atoms with van der Waals surface area (Å²) in [7, 11) is 0. The minimum atomic E-state index is 0.440. The van der Waals surface area contributed by atoms with Crippen molar-refractivity contribution < 1.29 is 0 Å². The van der Waals surface area contributed by atoms with Crippen molar-refractivity contribution in [1.29, 1.82) is 0 Å². The predicted octanol–water partition coefficient (Wildman–Crippen LogP) is 3.29. The molecule has 0 amide bonds. The Balaban J connectivity index is 2.76. The zero-order valence-electron chi connectivity index (χ0n) is 10.1. The fourth-order valence-electron chi connectivity index (χ4n) is 2.75. The van der Waals surface area contributed by atoms with Crippen LogP contribution in [0.15, 0.2) is 0 Å². The van der Waals surface area contributed by atoms with Gasteiger partial charge in [0.25, 0.3) is 0 Å². The first-order valence-corrected chi connectivity index (χ1v) is 5.61. The molecule has 1 fully saturated rings. The van der Waals surface area contributed by atoms with E-state index in [0.29, 0.717) is 11.5 Å². The van der Waals surface area contributed by atoms with Crippen LogP contribution in [0.5, 0.6) is 0 Å². The van der Waals surface area contributed by atoms with Crippen LogP contribution in [-0.2, 0) is 0 Å². The molecule has 0 aromatic heterocycles. The van der Waals surface area contributed by atoms with Crippen LogP contribution in [0.25, 0.3) is 0 Å². The number of rotatable bonds is 1. The third kappa shape index (κ3) is 2.25. The maximum absolute atomic E-state index is 2.69. The first-order valence-electron chi connectivity index (χ1n) is 5.61. The van der Waals surface area contributed by atoms with Gasteiger partial charge in [0.1, 0.15) is 0 Å². The van der Waals surface area contributed by atoms with Gasteiger partial charge in [-0.2, -0.15) is 0 Å². The van der Waals surface area contributed by atoms with Gasteiger partial charge in [-0.3, -0.25) is 4.90 Å². The van der Waals surface area contributed by atoms with Crippen LogP contribution in [0, 0.1) is 5.41 Å². The summed E-state index contributed by atoms with van der Waals surface area (Å²) in [4.78, 5) is 2.69. The summed E-state index contributed by atoms with van der Waals surface area (Å²) < 4.78 is 0. The summed E-state index contributed by atoms with van der Waals surface area (Å²) in [6.07, 6.45) is 2.75. The molecular formula is C12H25N. The topological polar surface area (TPSA) is 3.24 Å². The van der Waals surface area contributed by atoms with Crippen LogP contribution < -0.4 is 0 Å². The van der Waals surface area contributed by atoms with Gasteiger partial charge in [0.15, 0.2) is 0 Å². The quantitative estimate of drug-likeness (QED) is 0.603. The van der Waals surface area contributed by atoms with E-state index in [4.69, 9.17) is 0 Å². The molecule has 1 heterocycles. The van der Waals surface area contributed by atoms with Crippen molar-refractivity contribution in [2.45, 2.75) is 72.5 Å². The van der Waals surface area contributed by atoms with Gasteiger partial charge in [-0.1, -0.05) is 20.8 Å². The molecule has 0 aromatic carbocycles. The molecule has 0 N–H and O–H groups in total. The zero-order chi connectivity index (χ0) is 10.2. The Kier molecular flexibility index (Phi) is 3.06. The predicted molar refractivity (Wildman–Crippen MR) is 58.9 cm³/mol. The highest BCUT2D eigenvalue weighted by Crippen LogP contribution is 2.36. The first-order chi connectivity index (χ1) is 5.84. The SMILES string of the molecule is CC(C)N1C(C(C)(C)C)CC[C@H]1C. The molecule has 1 aliphatic heterocycles. The third-order valence-electron chi connectivity index (χ3n) is 3.32. The van der Waals surface area contributed by atoms with E-state index in [0.717, 1.165) is 12.1 Å². The second kappa shape index (κ2) is 3.61. The largest absolute Gasteiger partial charge is 0.295 e. The van der Waals surface area contributed by atoms with Gasteiger partial charge < -0.3 is 0 Å². The van der Waals surface area contributed by atoms with E-state index in [2.05, 4.69) is 46.4 Å². The molecule has 1 nitrogen and oxygen atoms in total. The smallest absolute Gasteiger partial charge is 0.0150 e. The maximum atomic E-state index is 2.69. The minimum Gasteiger partial charge on any atom is -0.295 e. The Bertz CT molecular complexity index is 166. The molecule has 1 saturated heterocycles. The summed E-state index contributed by atoms with van der Waals surface area (Å²) in [6, 6.07) is 2.26. The number of likely N-dealkylation sites (tertiary alicyclic amines) is 1. The van der Waals surface area contributed by atoms with Gasteiger partial charge in [-0.15, -0.1) is 0 Å². The van der Waals surface area contributed by atoms with Crippen LogP contribution >= 0.6 is 0 Å². The Morgan fingerprint density at radius 2 is 1.69 bits per heavy atom. The molecular weight excluding hydrogens is 158 g/mol. The Hall–Kier alpha value is -0.0400. The van der Waals surface area contributed by atoms with Crippen molar-refractivity contribution >= 4 is 0 Å². The zero-order valence-corrected chi connectivity index (χ0v) is 10.1. The van der Waals surface area contributed by atoms with Crippen molar-refractivity contribution in [2.24, 2.45) is 5.41 Å². The lowest BCUT2D eigenvalue weighted by molar-refractivity contribution is 0.0832. The lowest BCUT2D eigenvalue weighted by Gasteiger charge is -2.39. The van der Waals surface area contributed by atoms with Gasteiger partial charge in [0.2, 0.25) is 0 Å². The summed E-state index contributed by atoms with van der Waals surface area (Å²) in [5.41, 5.74) is 0.440. The molecule has 1 heteroatoms. The van der Waals surface area contributed by atoms with E-state index in [9.17, 15) is 0 Å². The molecule has 0 aliphatic carbocycles. The fraction of sp³-hybridized carbons (Fsp3) is 1.00. The lowest BCUT2D eigenvalue weighted by atomic mass is 9.85. The van der Waals surface area contributed by atoms with Crippen molar-refractivity contribution in [3.63, 3.8) is 0 Å². The second-order valence-corrected chi connectivity index (χ2v) is 5.85. The monoisotopic (exact) mass is 183 g/mol.